The molecule has 1 aromatic heterocycles. The molecule has 2 saturated heterocycles. The summed E-state index contributed by atoms with van der Waals surface area (Å²) in [5, 5.41) is 3.32. The van der Waals surface area contributed by atoms with Crippen LogP contribution in [0.15, 0.2) is 41.3 Å². The molecule has 2 aromatic carbocycles. The highest BCUT2D eigenvalue weighted by Crippen LogP contribution is 2.45. The van der Waals surface area contributed by atoms with E-state index in [1.807, 2.05) is 18.2 Å². The van der Waals surface area contributed by atoms with E-state index in [1.54, 1.807) is 21.7 Å². The molecule has 6 rings (SSSR count). The molecule has 0 bridgehead atoms. The van der Waals surface area contributed by atoms with E-state index >= 15 is 4.39 Å². The summed E-state index contributed by atoms with van der Waals surface area (Å²) in [7, 11) is 0. The van der Waals surface area contributed by atoms with Crippen molar-refractivity contribution in [3.05, 3.63) is 58.1 Å². The maximum Gasteiger partial charge on any atom is 0.259 e. The average molecular weight is 478 g/mol. The zero-order chi connectivity index (χ0) is 24.1. The van der Waals surface area contributed by atoms with Gasteiger partial charge in [-0.2, -0.15) is 0 Å². The first-order valence-corrected chi connectivity index (χ1v) is 12.2. The maximum atomic E-state index is 15.4. The van der Waals surface area contributed by atoms with Gasteiger partial charge in [0.1, 0.15) is 16.8 Å². The fraction of sp³-hybridized carbons (Fsp3) is 0.385. The zero-order valence-electron chi connectivity index (χ0n) is 19.4. The van der Waals surface area contributed by atoms with Crippen molar-refractivity contribution in [1.82, 2.24) is 14.4 Å². The molecule has 2 fully saturated rings. The molecule has 182 valence electrons. The fourth-order valence-corrected chi connectivity index (χ4v) is 5.37. The molecule has 0 radical (unpaired) electrons. The number of amides is 1. The number of hydrogen-bond acceptors (Lipinski definition) is 6. The number of pyridine rings is 1. The van der Waals surface area contributed by atoms with Gasteiger partial charge in [0, 0.05) is 38.4 Å². The Morgan fingerprint density at radius 3 is 2.77 bits per heavy atom. The van der Waals surface area contributed by atoms with Gasteiger partial charge < -0.3 is 30.2 Å². The smallest absolute Gasteiger partial charge is 0.259 e. The normalized spacial score (nSPS) is 19.1. The monoisotopic (exact) mass is 477 g/mol. The summed E-state index contributed by atoms with van der Waals surface area (Å²) in [6.45, 7) is 4.35. The predicted octanol–water partition coefficient (Wildman–Crippen LogP) is 2.92. The van der Waals surface area contributed by atoms with Crippen LogP contribution >= 0.6 is 0 Å². The van der Waals surface area contributed by atoms with Crippen molar-refractivity contribution in [2.45, 2.75) is 25.3 Å². The topological polar surface area (TPSA) is 92.8 Å². The molecular weight excluding hydrogens is 449 g/mol. The zero-order valence-corrected chi connectivity index (χ0v) is 19.4. The Labute approximate surface area is 202 Å². The van der Waals surface area contributed by atoms with Crippen molar-refractivity contribution < 1.29 is 13.9 Å². The highest BCUT2D eigenvalue weighted by molar-refractivity contribution is 6.01. The third-order valence-corrected chi connectivity index (χ3v) is 7.20. The summed E-state index contributed by atoms with van der Waals surface area (Å²) in [4.78, 5) is 30.7. The van der Waals surface area contributed by atoms with Crippen LogP contribution in [0, 0.1) is 5.82 Å². The molecule has 35 heavy (non-hydrogen) atoms. The van der Waals surface area contributed by atoms with Gasteiger partial charge in [-0.3, -0.25) is 9.59 Å². The van der Waals surface area contributed by atoms with Crippen LogP contribution in [0.4, 0.5) is 10.1 Å². The summed E-state index contributed by atoms with van der Waals surface area (Å²) >= 11 is 0. The second-order valence-corrected chi connectivity index (χ2v) is 9.55. The van der Waals surface area contributed by atoms with E-state index in [0.29, 0.717) is 43.0 Å². The number of nitrogens with two attached hydrogens (primary N) is 1. The Bertz CT molecular complexity index is 1380. The number of nitrogens with zero attached hydrogens (tertiary/aromatic N) is 3. The molecule has 3 aliphatic heterocycles. The van der Waals surface area contributed by atoms with E-state index in [9.17, 15) is 9.59 Å². The van der Waals surface area contributed by atoms with Gasteiger partial charge in [0.25, 0.3) is 5.91 Å². The Morgan fingerprint density at radius 2 is 2.00 bits per heavy atom. The number of hydrogen-bond donors (Lipinski definition) is 2. The molecule has 3 aromatic rings. The molecule has 8 nitrogen and oxygen atoms in total. The van der Waals surface area contributed by atoms with E-state index in [0.717, 1.165) is 19.6 Å². The Kier molecular flexibility index (Phi) is 5.46. The average Bonchev–Trinajstić information content (AvgIpc) is 3.54. The number of anilines is 1. The number of carbonyl (C=O) groups excluding carboxylic acids is 1. The summed E-state index contributed by atoms with van der Waals surface area (Å²) in [6, 6.07) is 8.46. The van der Waals surface area contributed by atoms with E-state index in [1.165, 1.54) is 18.9 Å². The molecule has 4 heterocycles. The summed E-state index contributed by atoms with van der Waals surface area (Å²) < 4.78 is 23.4. The highest BCUT2D eigenvalue weighted by atomic mass is 19.1. The first-order valence-electron chi connectivity index (χ1n) is 12.2. The van der Waals surface area contributed by atoms with Crippen molar-refractivity contribution in [2.75, 3.05) is 44.6 Å². The summed E-state index contributed by atoms with van der Waals surface area (Å²) in [6.07, 6.45) is 4.63. The van der Waals surface area contributed by atoms with Gasteiger partial charge in [0.05, 0.1) is 11.1 Å². The third kappa shape index (κ3) is 3.75. The lowest BCUT2D eigenvalue weighted by atomic mass is 10.1. The molecule has 0 saturated carbocycles. The third-order valence-electron chi connectivity index (χ3n) is 7.20. The van der Waals surface area contributed by atoms with Gasteiger partial charge >= 0.3 is 0 Å². The largest absolute Gasteiger partial charge is 0.451 e. The van der Waals surface area contributed by atoms with Gasteiger partial charge in [-0.05, 0) is 50.6 Å². The number of para-hydroxylation sites is 2. The van der Waals surface area contributed by atoms with Crippen LogP contribution < -0.4 is 21.2 Å². The van der Waals surface area contributed by atoms with Crippen molar-refractivity contribution in [3.8, 4) is 17.2 Å². The first kappa shape index (κ1) is 22.1. The van der Waals surface area contributed by atoms with Crippen LogP contribution in [-0.4, -0.2) is 65.6 Å². The first-order chi connectivity index (χ1) is 17.0. The van der Waals surface area contributed by atoms with E-state index in [4.69, 9.17) is 10.5 Å². The minimum absolute atomic E-state index is 0.00314. The molecular formula is C26H28FN5O3. The quantitative estimate of drug-likeness (QED) is 0.459. The number of rotatable bonds is 5. The minimum atomic E-state index is -0.579. The Morgan fingerprint density at radius 1 is 1.20 bits per heavy atom. The fourth-order valence-electron chi connectivity index (χ4n) is 5.37. The number of aromatic nitrogens is 1. The standard InChI is InChI=1S/C26H28FN5O3/c27-19-13-17-23-25(22(19)29-8-12-30-9-3-4-10-30)35-21-6-2-1-5-20(21)32(23)15-18(24(17)33)26(34)31-11-7-16(28)14-31/h1-2,5-6,13,15-16,29H,3-4,7-12,14,28H2. The van der Waals surface area contributed by atoms with Crippen LogP contribution in [0.25, 0.3) is 16.6 Å². The lowest BCUT2D eigenvalue weighted by molar-refractivity contribution is 0.0789. The van der Waals surface area contributed by atoms with Crippen LogP contribution in [0.2, 0.25) is 0 Å². The number of carbonyl (C=O) groups is 1. The molecule has 0 spiro atoms. The van der Waals surface area contributed by atoms with Gasteiger partial charge in [0.15, 0.2) is 17.3 Å². The summed E-state index contributed by atoms with van der Waals surface area (Å²) in [5.74, 6) is -0.170. The number of benzene rings is 2. The molecule has 1 amide bonds. The SMILES string of the molecule is NC1CCN(C(=O)c2cn3c4c(c(NCCN5CCCC5)c(F)cc4c2=O)Oc2ccccc2-3)C1. The van der Waals surface area contributed by atoms with Crippen LogP contribution in [0.1, 0.15) is 29.6 Å². The van der Waals surface area contributed by atoms with Crippen molar-refractivity contribution >= 4 is 22.5 Å². The molecule has 3 N–H and O–H groups in total. The van der Waals surface area contributed by atoms with Crippen molar-refractivity contribution in [2.24, 2.45) is 5.73 Å². The maximum absolute atomic E-state index is 15.4. The second-order valence-electron chi connectivity index (χ2n) is 9.55. The molecule has 3 aliphatic rings. The van der Waals surface area contributed by atoms with Crippen LogP contribution in [-0.2, 0) is 0 Å². The number of likely N-dealkylation sites (tertiary alicyclic amines) is 2. The number of nitrogens with one attached hydrogen (secondary N) is 1. The van der Waals surface area contributed by atoms with Crippen LogP contribution in [0.5, 0.6) is 11.5 Å². The van der Waals surface area contributed by atoms with Crippen molar-refractivity contribution in [1.29, 1.82) is 0 Å². The number of halogens is 1. The van der Waals surface area contributed by atoms with Crippen molar-refractivity contribution in [3.63, 3.8) is 0 Å². The van der Waals surface area contributed by atoms with Gasteiger partial charge in [-0.1, -0.05) is 12.1 Å². The van der Waals surface area contributed by atoms with E-state index < -0.39 is 11.2 Å². The summed E-state index contributed by atoms with van der Waals surface area (Å²) in [5.41, 5.74) is 6.84. The van der Waals surface area contributed by atoms with E-state index in [2.05, 4.69) is 10.2 Å². The predicted molar refractivity (Wildman–Crippen MR) is 132 cm³/mol. The highest BCUT2D eigenvalue weighted by Gasteiger charge is 2.31. The lowest BCUT2D eigenvalue weighted by Crippen LogP contribution is -2.35. The van der Waals surface area contributed by atoms with E-state index in [-0.39, 0.29) is 34.3 Å². The molecule has 0 aliphatic carbocycles. The minimum Gasteiger partial charge on any atom is -0.451 e. The second kappa shape index (κ2) is 8.66. The number of ether oxygens (including phenoxy) is 1. The van der Waals surface area contributed by atoms with Crippen LogP contribution in [0.3, 0.4) is 0 Å². The van der Waals surface area contributed by atoms with Gasteiger partial charge in [-0.25, -0.2) is 4.39 Å². The lowest BCUT2D eigenvalue weighted by Gasteiger charge is -2.27. The Hall–Kier alpha value is -3.43. The van der Waals surface area contributed by atoms with Gasteiger partial charge in [0.2, 0.25) is 5.43 Å². The van der Waals surface area contributed by atoms with Gasteiger partial charge in [-0.15, -0.1) is 0 Å². The Balaban J connectivity index is 1.47. The molecule has 9 heteroatoms. The molecule has 1 unspecified atom stereocenters. The number of fused-ring (bicyclic) bond motifs is 2. The molecule has 1 atom stereocenters.